The minimum atomic E-state index is 0.325. The average Bonchev–Trinajstić information content (AvgIpc) is 2.93. The molecule has 0 spiro atoms. The number of aromatic nitrogens is 4. The van der Waals surface area contributed by atoms with Crippen LogP contribution in [0.2, 0.25) is 0 Å². The highest BCUT2D eigenvalue weighted by Gasteiger charge is 2.14. The zero-order chi connectivity index (χ0) is 13.6. The van der Waals surface area contributed by atoms with Crippen LogP contribution in [0.15, 0.2) is 30.6 Å². The van der Waals surface area contributed by atoms with Gasteiger partial charge in [-0.1, -0.05) is 6.07 Å². The second-order valence-corrected chi connectivity index (χ2v) is 5.74. The summed E-state index contributed by atoms with van der Waals surface area (Å²) in [7, 11) is 3.89. The quantitative estimate of drug-likeness (QED) is 0.670. The van der Waals surface area contributed by atoms with Gasteiger partial charge in [-0.15, -0.1) is 0 Å². The maximum atomic E-state index is 4.62. The number of fused-ring (bicyclic) bond motifs is 1. The van der Waals surface area contributed by atoms with Crippen molar-refractivity contribution in [1.82, 2.24) is 19.6 Å². The molecule has 0 amide bonds. The van der Waals surface area contributed by atoms with Crippen LogP contribution in [-0.2, 0) is 26.7 Å². The van der Waals surface area contributed by atoms with Crippen molar-refractivity contribution in [2.75, 3.05) is 0 Å². The molecule has 4 nitrogen and oxygen atoms in total. The first-order valence-corrected chi connectivity index (χ1v) is 6.81. The van der Waals surface area contributed by atoms with Crippen molar-refractivity contribution in [2.24, 2.45) is 14.1 Å². The van der Waals surface area contributed by atoms with Gasteiger partial charge in [0.1, 0.15) is 10.9 Å². The van der Waals surface area contributed by atoms with Gasteiger partial charge in [-0.2, -0.15) is 10.2 Å². The van der Waals surface area contributed by atoms with Crippen molar-refractivity contribution in [3.63, 3.8) is 0 Å². The Kier molecular flexibility index (Phi) is 2.86. The summed E-state index contributed by atoms with van der Waals surface area (Å²) in [6, 6.07) is 6.45. The number of nitrogens with zero attached hydrogens (tertiary/aromatic N) is 4. The predicted molar refractivity (Wildman–Crippen MR) is 81.5 cm³/mol. The van der Waals surface area contributed by atoms with Gasteiger partial charge in [0.2, 0.25) is 0 Å². The lowest BCUT2D eigenvalue weighted by Gasteiger charge is -2.01. The van der Waals surface area contributed by atoms with Crippen LogP contribution in [-0.4, -0.2) is 19.6 Å². The van der Waals surface area contributed by atoms with Crippen LogP contribution in [0.4, 0.5) is 0 Å². The van der Waals surface area contributed by atoms with Gasteiger partial charge in [0, 0.05) is 36.8 Å². The Morgan fingerprint density at radius 2 is 2.05 bits per heavy atom. The molecule has 0 radical (unpaired) electrons. The molecular weight excluding hydrogens is 256 g/mol. The third-order valence-electron chi connectivity index (χ3n) is 3.35. The van der Waals surface area contributed by atoms with Crippen molar-refractivity contribution in [2.45, 2.75) is 12.2 Å². The molecule has 19 heavy (non-hydrogen) atoms. The number of hydrogen-bond donors (Lipinski definition) is 0. The fraction of sp³-hybridized carbons (Fsp3) is 0.286. The van der Waals surface area contributed by atoms with Crippen LogP contribution in [0.5, 0.6) is 0 Å². The fourth-order valence-electron chi connectivity index (χ4n) is 2.31. The maximum Gasteiger partial charge on any atom is 0.135 e. The predicted octanol–water partition coefficient (Wildman–Crippen LogP) is 2.05. The molecule has 3 rings (SSSR count). The highest BCUT2D eigenvalue weighted by atomic mass is 32.1. The van der Waals surface area contributed by atoms with E-state index in [4.69, 9.17) is 0 Å². The molecule has 0 N–H and O–H groups in total. The molecule has 0 aliphatic rings. The molecule has 1 aromatic carbocycles. The smallest absolute Gasteiger partial charge is 0.135 e. The molecule has 5 heteroatoms. The Morgan fingerprint density at radius 3 is 2.68 bits per heavy atom. The molecule has 0 saturated carbocycles. The topological polar surface area (TPSA) is 35.6 Å². The van der Waals surface area contributed by atoms with E-state index in [-0.39, 0.29) is 0 Å². The average molecular weight is 273 g/mol. The van der Waals surface area contributed by atoms with E-state index in [0.29, 0.717) is 5.25 Å². The lowest BCUT2D eigenvalue weighted by atomic mass is 10.1. The van der Waals surface area contributed by atoms with Gasteiger partial charge in [-0.25, -0.2) is 0 Å². The first-order valence-electron chi connectivity index (χ1n) is 6.23. The Balaban J connectivity index is 2.26. The number of aryl methyl sites for hydroxylation is 2. The molecule has 0 saturated heterocycles. The minimum Gasteiger partial charge on any atom is -0.275 e. The van der Waals surface area contributed by atoms with Crippen LogP contribution in [0.25, 0.3) is 22.2 Å². The van der Waals surface area contributed by atoms with Gasteiger partial charge in [0.25, 0.3) is 0 Å². The van der Waals surface area contributed by atoms with E-state index in [1.165, 1.54) is 5.56 Å². The molecule has 0 fully saturated rings. The van der Waals surface area contributed by atoms with Crippen LogP contribution in [0.3, 0.4) is 0 Å². The molecular formula is C14H17N4S+. The van der Waals surface area contributed by atoms with E-state index in [9.17, 15) is 0 Å². The zero-order valence-corrected chi connectivity index (χ0v) is 12.3. The van der Waals surface area contributed by atoms with Crippen molar-refractivity contribution in [3.05, 3.63) is 36.2 Å². The molecule has 98 valence electrons. The lowest BCUT2D eigenvalue weighted by Crippen LogP contribution is -1.90. The van der Waals surface area contributed by atoms with E-state index in [1.54, 1.807) is 4.68 Å². The summed E-state index contributed by atoms with van der Waals surface area (Å²) in [5, 5.41) is 10.3. The second-order valence-electron chi connectivity index (χ2n) is 4.87. The summed E-state index contributed by atoms with van der Waals surface area (Å²) in [4.78, 5) is 0. The number of hydrogen-bond acceptors (Lipinski definition) is 2. The van der Waals surface area contributed by atoms with E-state index in [0.717, 1.165) is 22.2 Å². The fourth-order valence-corrected chi connectivity index (χ4v) is 2.49. The summed E-state index contributed by atoms with van der Waals surface area (Å²) in [5.74, 6) is 0. The van der Waals surface area contributed by atoms with E-state index >= 15 is 0 Å². The maximum absolute atomic E-state index is 4.62. The van der Waals surface area contributed by atoms with Crippen molar-refractivity contribution in [1.29, 1.82) is 0 Å². The molecule has 3 aromatic rings. The minimum absolute atomic E-state index is 0.325. The number of benzene rings is 1. The van der Waals surface area contributed by atoms with E-state index in [2.05, 4.69) is 47.9 Å². The van der Waals surface area contributed by atoms with Gasteiger partial charge in [0.15, 0.2) is 0 Å². The first-order chi connectivity index (χ1) is 9.06. The molecule has 0 bridgehead atoms. The van der Waals surface area contributed by atoms with Gasteiger partial charge in [-0.3, -0.25) is 9.36 Å². The monoisotopic (exact) mass is 273 g/mol. The second kappa shape index (κ2) is 4.42. The summed E-state index contributed by atoms with van der Waals surface area (Å²) < 4.78 is 3.71. The van der Waals surface area contributed by atoms with Crippen molar-refractivity contribution in [3.8, 4) is 11.3 Å². The summed E-state index contributed by atoms with van der Waals surface area (Å²) >= 11 is 3.67. The van der Waals surface area contributed by atoms with Crippen LogP contribution < -0.4 is 0 Å². The molecule has 0 aliphatic heterocycles. The third kappa shape index (κ3) is 2.04. The van der Waals surface area contributed by atoms with Crippen LogP contribution in [0.1, 0.15) is 17.7 Å². The lowest BCUT2D eigenvalue weighted by molar-refractivity contribution is 0.767. The number of rotatable bonds is 2. The largest absolute Gasteiger partial charge is 0.275 e. The third-order valence-corrected chi connectivity index (χ3v) is 3.69. The molecule has 1 atom stereocenters. The zero-order valence-electron chi connectivity index (χ0n) is 11.3. The molecule has 2 aromatic heterocycles. The summed E-state index contributed by atoms with van der Waals surface area (Å²) in [6.07, 6.45) is 3.84. The normalized spacial score (nSPS) is 13.1. The van der Waals surface area contributed by atoms with Crippen LogP contribution >= 0.6 is 0 Å². The highest BCUT2D eigenvalue weighted by Crippen LogP contribution is 2.29. The Hall–Kier alpha value is -1.75. The van der Waals surface area contributed by atoms with Gasteiger partial charge in [-0.05, 0) is 31.7 Å². The first kappa shape index (κ1) is 12.3. The Morgan fingerprint density at radius 1 is 1.26 bits per heavy atom. The summed E-state index contributed by atoms with van der Waals surface area (Å²) in [5.41, 5.74) is 4.42. The SMILES string of the molecule is CC([SH2+])c1ccc2c(c1)c(-c1cnn(C)c1)nn2C. The Labute approximate surface area is 117 Å². The Bertz CT molecular complexity index is 739. The van der Waals surface area contributed by atoms with Gasteiger partial charge < -0.3 is 0 Å². The van der Waals surface area contributed by atoms with Crippen molar-refractivity contribution < 1.29 is 0 Å². The van der Waals surface area contributed by atoms with E-state index in [1.807, 2.05) is 31.2 Å². The molecule has 2 heterocycles. The standard InChI is InChI=1S/C14H16N4S/c1-9(19)10-4-5-13-12(6-10)14(16-18(13)3)11-7-15-17(2)8-11/h4-9,19H,1-3H3/p+1. The molecule has 0 aliphatic carbocycles. The molecule has 1 unspecified atom stereocenters. The highest BCUT2D eigenvalue weighted by molar-refractivity contribution is 7.59. The van der Waals surface area contributed by atoms with Crippen molar-refractivity contribution >= 4 is 23.5 Å². The van der Waals surface area contributed by atoms with Gasteiger partial charge >= 0.3 is 0 Å². The van der Waals surface area contributed by atoms with Crippen LogP contribution in [0, 0.1) is 0 Å². The van der Waals surface area contributed by atoms with E-state index < -0.39 is 0 Å². The summed E-state index contributed by atoms with van der Waals surface area (Å²) in [6.45, 7) is 2.12. The van der Waals surface area contributed by atoms with Gasteiger partial charge in [0.05, 0.1) is 11.7 Å².